The smallest absolute Gasteiger partial charge is 0.269 e. The quantitative estimate of drug-likeness (QED) is 0.420. The van der Waals surface area contributed by atoms with E-state index in [9.17, 15) is 14.9 Å². The molecular formula is C21H25N3O4. The zero-order valence-corrected chi connectivity index (χ0v) is 16.0. The fraction of sp³-hybridized carbons (Fsp3) is 0.381. The standard InChI is InChI=1S/C21H25N3O4/c1-28-19-6-2-5-16(15-19)20-7-4-14-23(20)21(25)8-3-13-22-17-9-11-18(12-10-17)24(26)27/h2,5-6,9-12,15,20,22H,3-4,7-8,13-14H2,1H3. The Hall–Kier alpha value is -3.09. The van der Waals surface area contributed by atoms with Crippen molar-refractivity contribution in [2.24, 2.45) is 0 Å². The first-order valence-electron chi connectivity index (χ1n) is 9.50. The summed E-state index contributed by atoms with van der Waals surface area (Å²) in [6.07, 6.45) is 3.16. The number of nitro benzene ring substituents is 1. The van der Waals surface area contributed by atoms with Crippen LogP contribution in [0.2, 0.25) is 0 Å². The molecule has 1 amide bonds. The van der Waals surface area contributed by atoms with Gasteiger partial charge < -0.3 is 15.0 Å². The van der Waals surface area contributed by atoms with Gasteiger partial charge >= 0.3 is 0 Å². The van der Waals surface area contributed by atoms with Gasteiger partial charge in [0.05, 0.1) is 18.1 Å². The molecule has 2 aromatic carbocycles. The third kappa shape index (κ3) is 4.79. The molecule has 7 nitrogen and oxygen atoms in total. The Bertz CT molecular complexity index is 823. The van der Waals surface area contributed by atoms with Gasteiger partial charge in [-0.1, -0.05) is 12.1 Å². The van der Waals surface area contributed by atoms with Crippen LogP contribution in [0.15, 0.2) is 48.5 Å². The molecule has 1 aliphatic heterocycles. The first-order chi connectivity index (χ1) is 13.6. The van der Waals surface area contributed by atoms with E-state index in [4.69, 9.17) is 4.74 Å². The maximum atomic E-state index is 12.7. The Morgan fingerprint density at radius 3 is 2.79 bits per heavy atom. The van der Waals surface area contributed by atoms with Gasteiger partial charge in [0, 0.05) is 37.3 Å². The summed E-state index contributed by atoms with van der Waals surface area (Å²) in [5.74, 6) is 0.972. The molecule has 1 saturated heterocycles. The molecule has 1 fully saturated rings. The highest BCUT2D eigenvalue weighted by Crippen LogP contribution is 2.34. The van der Waals surface area contributed by atoms with E-state index < -0.39 is 4.92 Å². The SMILES string of the molecule is COc1cccc(C2CCCN2C(=O)CCCNc2ccc([N+](=O)[O-])cc2)c1. The number of nitrogens with one attached hydrogen (secondary N) is 1. The summed E-state index contributed by atoms with van der Waals surface area (Å²) in [5, 5.41) is 13.9. The van der Waals surface area contributed by atoms with Crippen LogP contribution in [0.3, 0.4) is 0 Å². The summed E-state index contributed by atoms with van der Waals surface area (Å²) in [6.45, 7) is 1.43. The number of nitro groups is 1. The molecule has 0 bridgehead atoms. The maximum Gasteiger partial charge on any atom is 0.269 e. The van der Waals surface area contributed by atoms with Crippen LogP contribution in [-0.4, -0.2) is 35.9 Å². The molecule has 2 aromatic rings. The molecule has 1 N–H and O–H groups in total. The predicted molar refractivity (Wildman–Crippen MR) is 108 cm³/mol. The first-order valence-corrected chi connectivity index (χ1v) is 9.50. The van der Waals surface area contributed by atoms with E-state index in [1.54, 1.807) is 19.2 Å². The van der Waals surface area contributed by atoms with Crippen LogP contribution < -0.4 is 10.1 Å². The third-order valence-electron chi connectivity index (χ3n) is 5.03. The van der Waals surface area contributed by atoms with E-state index in [0.717, 1.165) is 36.4 Å². The minimum absolute atomic E-state index is 0.0679. The van der Waals surface area contributed by atoms with Crippen molar-refractivity contribution in [1.29, 1.82) is 0 Å². The molecule has 1 aliphatic rings. The Kier molecular flexibility index (Phi) is 6.47. The number of carbonyl (C=O) groups excluding carboxylic acids is 1. The Balaban J connectivity index is 1.49. The average molecular weight is 383 g/mol. The predicted octanol–water partition coefficient (Wildman–Crippen LogP) is 4.16. The molecule has 148 valence electrons. The number of rotatable bonds is 8. The molecule has 28 heavy (non-hydrogen) atoms. The van der Waals surface area contributed by atoms with Crippen molar-refractivity contribution >= 4 is 17.3 Å². The van der Waals surface area contributed by atoms with Crippen molar-refractivity contribution in [2.45, 2.75) is 31.7 Å². The summed E-state index contributed by atoms with van der Waals surface area (Å²) >= 11 is 0. The van der Waals surface area contributed by atoms with Crippen LogP contribution in [0.1, 0.15) is 37.3 Å². The van der Waals surface area contributed by atoms with Crippen molar-refractivity contribution in [3.05, 3.63) is 64.2 Å². The summed E-state index contributed by atoms with van der Waals surface area (Å²) in [4.78, 5) is 24.9. The van der Waals surface area contributed by atoms with E-state index in [1.165, 1.54) is 12.1 Å². The number of likely N-dealkylation sites (tertiary alicyclic amines) is 1. The highest BCUT2D eigenvalue weighted by Gasteiger charge is 2.29. The third-order valence-corrected chi connectivity index (χ3v) is 5.03. The minimum Gasteiger partial charge on any atom is -0.497 e. The van der Waals surface area contributed by atoms with Crippen molar-refractivity contribution in [3.63, 3.8) is 0 Å². The van der Waals surface area contributed by atoms with Crippen LogP contribution in [0, 0.1) is 10.1 Å². The Labute approximate surface area is 164 Å². The van der Waals surface area contributed by atoms with Crippen molar-refractivity contribution in [1.82, 2.24) is 4.90 Å². The number of amides is 1. The molecule has 0 aliphatic carbocycles. The average Bonchev–Trinajstić information content (AvgIpc) is 3.21. The molecule has 0 saturated carbocycles. The molecule has 0 spiro atoms. The van der Waals surface area contributed by atoms with Crippen molar-refractivity contribution in [3.8, 4) is 5.75 Å². The molecule has 1 unspecified atom stereocenters. The highest BCUT2D eigenvalue weighted by atomic mass is 16.6. The number of benzene rings is 2. The molecule has 1 atom stereocenters. The van der Waals surface area contributed by atoms with Crippen molar-refractivity contribution in [2.75, 3.05) is 25.5 Å². The fourth-order valence-electron chi connectivity index (χ4n) is 3.58. The highest BCUT2D eigenvalue weighted by molar-refractivity contribution is 5.77. The number of non-ortho nitro benzene ring substituents is 1. The van der Waals surface area contributed by atoms with E-state index in [0.29, 0.717) is 19.4 Å². The van der Waals surface area contributed by atoms with Gasteiger partial charge in [0.25, 0.3) is 5.69 Å². The minimum atomic E-state index is -0.419. The van der Waals surface area contributed by atoms with E-state index >= 15 is 0 Å². The molecule has 3 rings (SSSR count). The largest absolute Gasteiger partial charge is 0.497 e. The zero-order valence-electron chi connectivity index (χ0n) is 16.0. The van der Waals surface area contributed by atoms with E-state index in [1.807, 2.05) is 23.1 Å². The number of methoxy groups -OCH3 is 1. The lowest BCUT2D eigenvalue weighted by Gasteiger charge is -2.25. The summed E-state index contributed by atoms with van der Waals surface area (Å²) in [5.41, 5.74) is 2.00. The van der Waals surface area contributed by atoms with Crippen LogP contribution in [0.5, 0.6) is 5.75 Å². The molecule has 7 heteroatoms. The molecule has 1 heterocycles. The van der Waals surface area contributed by atoms with Crippen LogP contribution in [0.25, 0.3) is 0 Å². The maximum absolute atomic E-state index is 12.7. The fourth-order valence-corrected chi connectivity index (χ4v) is 3.58. The first kappa shape index (κ1) is 19.7. The number of anilines is 1. The Morgan fingerprint density at radius 1 is 1.29 bits per heavy atom. The number of hydrogen-bond acceptors (Lipinski definition) is 5. The molecule has 0 radical (unpaired) electrons. The van der Waals surface area contributed by atoms with Gasteiger partial charge in [0.2, 0.25) is 5.91 Å². The lowest BCUT2D eigenvalue weighted by molar-refractivity contribution is -0.384. The number of hydrogen-bond donors (Lipinski definition) is 1. The van der Waals surface area contributed by atoms with Crippen LogP contribution in [-0.2, 0) is 4.79 Å². The summed E-state index contributed by atoms with van der Waals surface area (Å²) in [6, 6.07) is 14.3. The second-order valence-electron chi connectivity index (χ2n) is 6.86. The van der Waals surface area contributed by atoms with Crippen molar-refractivity contribution < 1.29 is 14.5 Å². The second-order valence-corrected chi connectivity index (χ2v) is 6.86. The molecule has 0 aromatic heterocycles. The van der Waals surface area contributed by atoms with Gasteiger partial charge in [-0.2, -0.15) is 0 Å². The molecular weight excluding hydrogens is 358 g/mol. The number of carbonyl (C=O) groups is 1. The monoisotopic (exact) mass is 383 g/mol. The lowest BCUT2D eigenvalue weighted by Crippen LogP contribution is -2.30. The Morgan fingerprint density at radius 2 is 2.07 bits per heavy atom. The summed E-state index contributed by atoms with van der Waals surface area (Å²) < 4.78 is 5.30. The van der Waals surface area contributed by atoms with E-state index in [2.05, 4.69) is 11.4 Å². The van der Waals surface area contributed by atoms with Crippen LogP contribution >= 0.6 is 0 Å². The van der Waals surface area contributed by atoms with Gasteiger partial charge in [-0.05, 0) is 49.1 Å². The normalized spacial score (nSPS) is 16.0. The zero-order chi connectivity index (χ0) is 19.9. The van der Waals surface area contributed by atoms with Gasteiger partial charge in [0.1, 0.15) is 5.75 Å². The van der Waals surface area contributed by atoms with Gasteiger partial charge in [-0.25, -0.2) is 0 Å². The topological polar surface area (TPSA) is 84.7 Å². The summed E-state index contributed by atoms with van der Waals surface area (Å²) in [7, 11) is 1.65. The lowest BCUT2D eigenvalue weighted by atomic mass is 10.0. The van der Waals surface area contributed by atoms with E-state index in [-0.39, 0.29) is 17.6 Å². The van der Waals surface area contributed by atoms with Crippen LogP contribution in [0.4, 0.5) is 11.4 Å². The van der Waals surface area contributed by atoms with Gasteiger partial charge in [-0.15, -0.1) is 0 Å². The second kappa shape index (κ2) is 9.21. The van der Waals surface area contributed by atoms with Gasteiger partial charge in [0.15, 0.2) is 0 Å². The number of nitrogens with zero attached hydrogens (tertiary/aromatic N) is 2. The number of ether oxygens (including phenoxy) is 1. The van der Waals surface area contributed by atoms with Gasteiger partial charge in [-0.3, -0.25) is 14.9 Å².